The molecule has 7 nitrogen and oxygen atoms in total. The molecule has 0 aliphatic carbocycles. The second kappa shape index (κ2) is 5.09. The summed E-state index contributed by atoms with van der Waals surface area (Å²) in [5.74, 6) is -0.373. The predicted octanol–water partition coefficient (Wildman–Crippen LogP) is 0.497. The molecule has 2 aromatic rings. The van der Waals surface area contributed by atoms with E-state index < -0.39 is 5.91 Å². The summed E-state index contributed by atoms with van der Waals surface area (Å²) in [7, 11) is 1.61. The van der Waals surface area contributed by atoms with Crippen LogP contribution in [0, 0.1) is 6.92 Å². The first-order chi connectivity index (χ1) is 8.56. The van der Waals surface area contributed by atoms with Gasteiger partial charge >= 0.3 is 0 Å². The number of rotatable bonds is 3. The molecule has 94 valence electrons. The summed E-state index contributed by atoms with van der Waals surface area (Å²) < 4.78 is 1.32. The summed E-state index contributed by atoms with van der Waals surface area (Å²) in [6.07, 6.45) is 3.24. The number of hydrogen-bond donors (Lipinski definition) is 1. The zero-order chi connectivity index (χ0) is 13.1. The summed E-state index contributed by atoms with van der Waals surface area (Å²) >= 11 is 5.70. The predicted molar refractivity (Wildman–Crippen MR) is 64.0 cm³/mol. The van der Waals surface area contributed by atoms with Gasteiger partial charge in [-0.1, -0.05) is 0 Å². The van der Waals surface area contributed by atoms with Gasteiger partial charge in [0.1, 0.15) is 0 Å². The van der Waals surface area contributed by atoms with Crippen LogP contribution in [0.25, 0.3) is 0 Å². The Morgan fingerprint density at radius 2 is 2.22 bits per heavy atom. The molecule has 2 heterocycles. The Labute approximate surface area is 108 Å². The molecule has 0 bridgehead atoms. The summed E-state index contributed by atoms with van der Waals surface area (Å²) in [5, 5.41) is 6.66. The molecular formula is C10H11ClN6O. The molecule has 2 rings (SSSR count). The number of nitrogens with zero attached hydrogens (tertiary/aromatic N) is 5. The largest absolute Gasteiger partial charge is 0.344 e. The Bertz CT molecular complexity index is 545. The van der Waals surface area contributed by atoms with Gasteiger partial charge in [0.05, 0.1) is 24.1 Å². The van der Waals surface area contributed by atoms with Gasteiger partial charge in [-0.05, 0) is 18.5 Å². The molecule has 0 spiro atoms. The summed E-state index contributed by atoms with van der Waals surface area (Å²) in [4.78, 5) is 23.7. The van der Waals surface area contributed by atoms with E-state index in [1.807, 2.05) is 6.92 Å². The summed E-state index contributed by atoms with van der Waals surface area (Å²) in [6.45, 7) is 2.11. The Morgan fingerprint density at radius 3 is 2.78 bits per heavy atom. The van der Waals surface area contributed by atoms with Gasteiger partial charge in [0.2, 0.25) is 11.1 Å². The van der Waals surface area contributed by atoms with E-state index in [4.69, 9.17) is 11.6 Å². The van der Waals surface area contributed by atoms with Crippen molar-refractivity contribution in [3.63, 3.8) is 0 Å². The average molecular weight is 267 g/mol. The van der Waals surface area contributed by atoms with E-state index >= 15 is 0 Å². The smallest absolute Gasteiger partial charge is 0.291 e. The van der Waals surface area contributed by atoms with Crippen molar-refractivity contribution in [3.8, 4) is 0 Å². The topological polar surface area (TPSA) is 85.6 Å². The van der Waals surface area contributed by atoms with Crippen molar-refractivity contribution < 1.29 is 4.79 Å². The van der Waals surface area contributed by atoms with Crippen LogP contribution in [0.3, 0.4) is 0 Å². The van der Waals surface area contributed by atoms with Crippen LogP contribution < -0.4 is 5.32 Å². The van der Waals surface area contributed by atoms with E-state index in [-0.39, 0.29) is 17.7 Å². The van der Waals surface area contributed by atoms with Crippen LogP contribution in [0.15, 0.2) is 12.4 Å². The number of hydrogen-bond acceptors (Lipinski definition) is 5. The van der Waals surface area contributed by atoms with Crippen molar-refractivity contribution in [1.29, 1.82) is 0 Å². The second-order valence-electron chi connectivity index (χ2n) is 3.66. The van der Waals surface area contributed by atoms with Gasteiger partial charge in [0.25, 0.3) is 5.91 Å². The highest BCUT2D eigenvalue weighted by molar-refractivity contribution is 6.28. The number of carbonyl (C=O) groups excluding carboxylic acids is 1. The summed E-state index contributed by atoms with van der Waals surface area (Å²) in [5.41, 5.74) is 1.49. The lowest BCUT2D eigenvalue weighted by Gasteiger charge is -2.01. The number of amides is 1. The Morgan fingerprint density at radius 1 is 1.44 bits per heavy atom. The third kappa shape index (κ3) is 2.80. The Hall–Kier alpha value is -2.02. The monoisotopic (exact) mass is 266 g/mol. The first-order valence-corrected chi connectivity index (χ1v) is 5.56. The number of halogens is 1. The number of nitrogens with one attached hydrogen (secondary N) is 1. The van der Waals surface area contributed by atoms with E-state index in [1.165, 1.54) is 4.68 Å². The lowest BCUT2D eigenvalue weighted by atomic mass is 10.4. The van der Waals surface area contributed by atoms with Crippen LogP contribution in [0.2, 0.25) is 5.28 Å². The normalized spacial score (nSPS) is 10.4. The quantitative estimate of drug-likeness (QED) is 0.874. The number of aromatic nitrogens is 5. The highest BCUT2D eigenvalue weighted by atomic mass is 35.5. The molecular weight excluding hydrogens is 256 g/mol. The van der Waals surface area contributed by atoms with E-state index in [2.05, 4.69) is 25.4 Å². The van der Waals surface area contributed by atoms with E-state index in [9.17, 15) is 4.79 Å². The van der Waals surface area contributed by atoms with Crippen LogP contribution in [-0.4, -0.2) is 30.6 Å². The first kappa shape index (κ1) is 12.4. The van der Waals surface area contributed by atoms with E-state index in [1.54, 1.807) is 19.4 Å². The van der Waals surface area contributed by atoms with Gasteiger partial charge in [-0.15, -0.1) is 5.10 Å². The van der Waals surface area contributed by atoms with Crippen molar-refractivity contribution in [2.24, 2.45) is 7.05 Å². The maximum Gasteiger partial charge on any atom is 0.291 e. The maximum absolute atomic E-state index is 11.7. The van der Waals surface area contributed by atoms with Crippen LogP contribution in [0.1, 0.15) is 22.0 Å². The van der Waals surface area contributed by atoms with Crippen molar-refractivity contribution in [1.82, 2.24) is 30.0 Å². The lowest BCUT2D eigenvalue weighted by molar-refractivity contribution is 0.0940. The van der Waals surface area contributed by atoms with Gasteiger partial charge in [-0.3, -0.25) is 14.8 Å². The molecule has 8 heteroatoms. The molecule has 0 atom stereocenters. The molecule has 0 aromatic carbocycles. The van der Waals surface area contributed by atoms with Gasteiger partial charge in [0.15, 0.2) is 0 Å². The minimum atomic E-state index is -0.403. The number of aryl methyl sites for hydroxylation is 2. The maximum atomic E-state index is 11.7. The Kier molecular flexibility index (Phi) is 3.52. The molecule has 1 amide bonds. The highest BCUT2D eigenvalue weighted by Crippen LogP contribution is 2.03. The zero-order valence-electron chi connectivity index (χ0n) is 9.88. The fourth-order valence-electron chi connectivity index (χ4n) is 1.22. The Balaban J connectivity index is 1.98. The van der Waals surface area contributed by atoms with Crippen LogP contribution in [0.4, 0.5) is 0 Å². The molecule has 1 N–H and O–H groups in total. The van der Waals surface area contributed by atoms with Crippen LogP contribution in [-0.2, 0) is 13.6 Å². The third-order valence-corrected chi connectivity index (χ3v) is 2.51. The van der Waals surface area contributed by atoms with Crippen molar-refractivity contribution in [2.75, 3.05) is 0 Å². The fraction of sp³-hybridized carbons (Fsp3) is 0.300. The molecule has 0 saturated carbocycles. The zero-order valence-corrected chi connectivity index (χ0v) is 10.6. The third-order valence-electron chi connectivity index (χ3n) is 2.18. The molecule has 0 unspecified atom stereocenters. The lowest BCUT2D eigenvalue weighted by Crippen LogP contribution is -2.24. The van der Waals surface area contributed by atoms with Gasteiger partial charge < -0.3 is 5.32 Å². The molecule has 2 aromatic heterocycles. The van der Waals surface area contributed by atoms with Gasteiger partial charge in [-0.25, -0.2) is 4.68 Å². The van der Waals surface area contributed by atoms with Crippen LogP contribution >= 0.6 is 11.6 Å². The SMILES string of the molecule is Cc1cnc(CNC(=O)c2nc(Cl)n(C)n2)cn1. The number of carbonyl (C=O) groups is 1. The van der Waals surface area contributed by atoms with Crippen molar-refractivity contribution in [2.45, 2.75) is 13.5 Å². The highest BCUT2D eigenvalue weighted by Gasteiger charge is 2.13. The molecule has 18 heavy (non-hydrogen) atoms. The van der Waals surface area contributed by atoms with Gasteiger partial charge in [-0.2, -0.15) is 4.98 Å². The van der Waals surface area contributed by atoms with E-state index in [0.29, 0.717) is 5.69 Å². The molecule has 0 radical (unpaired) electrons. The molecule has 0 saturated heterocycles. The molecule has 0 fully saturated rings. The van der Waals surface area contributed by atoms with Gasteiger partial charge in [0, 0.05) is 13.2 Å². The van der Waals surface area contributed by atoms with Crippen molar-refractivity contribution >= 4 is 17.5 Å². The molecule has 0 aliphatic rings. The fourth-order valence-corrected chi connectivity index (χ4v) is 1.34. The second-order valence-corrected chi connectivity index (χ2v) is 4.00. The first-order valence-electron chi connectivity index (χ1n) is 5.18. The minimum absolute atomic E-state index is 0.0302. The van der Waals surface area contributed by atoms with Crippen LogP contribution in [0.5, 0.6) is 0 Å². The standard InChI is InChI=1S/C10H11ClN6O/c1-6-3-13-7(4-12-6)5-14-9(18)8-15-10(11)17(2)16-8/h3-4H,5H2,1-2H3,(H,14,18). The molecule has 0 aliphatic heterocycles. The van der Waals surface area contributed by atoms with Crippen molar-refractivity contribution in [3.05, 3.63) is 34.9 Å². The summed E-state index contributed by atoms with van der Waals surface area (Å²) in [6, 6.07) is 0. The minimum Gasteiger partial charge on any atom is -0.344 e. The average Bonchev–Trinajstić information content (AvgIpc) is 2.69. The van der Waals surface area contributed by atoms with E-state index in [0.717, 1.165) is 5.69 Å².